The van der Waals surface area contributed by atoms with Crippen molar-refractivity contribution in [2.24, 2.45) is 0 Å². The number of sulfonamides is 1. The molecule has 3 aromatic rings. The zero-order valence-electron chi connectivity index (χ0n) is 17.6. The minimum absolute atomic E-state index is 0.100. The normalized spacial score (nSPS) is 12.1. The number of hydrogen-bond donors (Lipinski definition) is 3. The lowest BCUT2D eigenvalue weighted by Gasteiger charge is -2.10. The van der Waals surface area contributed by atoms with Gasteiger partial charge in [-0.2, -0.15) is 0 Å². The zero-order chi connectivity index (χ0) is 22.3. The molecule has 1 aromatic heterocycles. The molecule has 0 atom stereocenters. The summed E-state index contributed by atoms with van der Waals surface area (Å²) in [6.07, 6.45) is 5.28. The number of hydrogen-bond acceptors (Lipinski definition) is 5. The molecular formula is C23H26N4O3S. The Hall–Kier alpha value is -3.07. The molecule has 0 radical (unpaired) electrons. The van der Waals surface area contributed by atoms with Crippen molar-refractivity contribution in [3.63, 3.8) is 0 Å². The molecule has 0 saturated heterocycles. The Morgan fingerprint density at radius 1 is 1.03 bits per heavy atom. The van der Waals surface area contributed by atoms with Crippen LogP contribution >= 0.6 is 0 Å². The van der Waals surface area contributed by atoms with Crippen LogP contribution in [0.4, 0.5) is 5.69 Å². The molecule has 0 aliphatic heterocycles. The molecule has 31 heavy (non-hydrogen) atoms. The lowest BCUT2D eigenvalue weighted by Crippen LogP contribution is -2.32. The minimum atomic E-state index is -3.61. The van der Waals surface area contributed by atoms with Crippen molar-refractivity contribution in [3.05, 3.63) is 72.1 Å². The molecule has 2 aromatic carbocycles. The van der Waals surface area contributed by atoms with Gasteiger partial charge in [0.25, 0.3) is 0 Å². The molecule has 7 nitrogen and oxygen atoms in total. The topological polar surface area (TPSA) is 100 Å². The molecule has 0 bridgehead atoms. The summed E-state index contributed by atoms with van der Waals surface area (Å²) in [5.74, 6) is -0.100. The third-order valence-electron chi connectivity index (χ3n) is 4.57. The number of benzene rings is 2. The van der Waals surface area contributed by atoms with E-state index in [1.165, 1.54) is 6.92 Å². The van der Waals surface area contributed by atoms with Crippen molar-refractivity contribution in [1.82, 2.24) is 15.0 Å². The summed E-state index contributed by atoms with van der Waals surface area (Å²) >= 11 is 0. The van der Waals surface area contributed by atoms with Crippen LogP contribution in [0.5, 0.6) is 0 Å². The maximum Gasteiger partial charge on any atom is 0.241 e. The molecule has 3 rings (SSSR count). The number of anilines is 1. The van der Waals surface area contributed by atoms with E-state index in [9.17, 15) is 13.2 Å². The molecule has 0 saturated carbocycles. The lowest BCUT2D eigenvalue weighted by atomic mass is 10.1. The van der Waals surface area contributed by atoms with E-state index >= 15 is 0 Å². The molecule has 1 heterocycles. The van der Waals surface area contributed by atoms with Gasteiger partial charge in [0.05, 0.1) is 4.90 Å². The third kappa shape index (κ3) is 6.45. The van der Waals surface area contributed by atoms with E-state index in [0.29, 0.717) is 18.5 Å². The maximum atomic E-state index is 12.7. The van der Waals surface area contributed by atoms with Gasteiger partial charge in [0.2, 0.25) is 15.9 Å². The van der Waals surface area contributed by atoms with Crippen molar-refractivity contribution in [2.45, 2.75) is 18.7 Å². The highest BCUT2D eigenvalue weighted by Gasteiger charge is 2.16. The molecule has 0 fully saturated rings. The summed E-state index contributed by atoms with van der Waals surface area (Å²) in [7, 11) is -3.61. The van der Waals surface area contributed by atoms with Crippen LogP contribution in [0.1, 0.15) is 19.4 Å². The second kappa shape index (κ2) is 10.3. The molecule has 0 aliphatic carbocycles. The largest absolute Gasteiger partial charge is 0.326 e. The van der Waals surface area contributed by atoms with E-state index in [2.05, 4.69) is 20.3 Å². The standard InChI is InChI=1S/C23H26N4O3S/c1-17(14-19-6-8-21(9-7-19)27-18(2)28)15-25-12-13-26-31(29,30)23-5-3-4-20-16-24-11-10-22(20)23/h3-11,14,16,25-26H,12-13,15H2,1-2H3,(H,27,28). The summed E-state index contributed by atoms with van der Waals surface area (Å²) in [5, 5.41) is 7.42. The highest BCUT2D eigenvalue weighted by Crippen LogP contribution is 2.21. The van der Waals surface area contributed by atoms with Gasteiger partial charge in [0.15, 0.2) is 0 Å². The van der Waals surface area contributed by atoms with E-state index in [4.69, 9.17) is 0 Å². The molecule has 0 aliphatic rings. The smallest absolute Gasteiger partial charge is 0.241 e. The highest BCUT2D eigenvalue weighted by molar-refractivity contribution is 7.89. The van der Waals surface area contributed by atoms with E-state index < -0.39 is 10.0 Å². The molecule has 8 heteroatoms. The molecule has 0 spiro atoms. The van der Waals surface area contributed by atoms with Crippen LogP contribution in [0.15, 0.2) is 71.4 Å². The fourth-order valence-corrected chi connectivity index (χ4v) is 4.43. The third-order valence-corrected chi connectivity index (χ3v) is 6.09. The van der Waals surface area contributed by atoms with Crippen molar-refractivity contribution in [2.75, 3.05) is 25.0 Å². The number of aromatic nitrogens is 1. The fourth-order valence-electron chi connectivity index (χ4n) is 3.17. The van der Waals surface area contributed by atoms with Gasteiger partial charge >= 0.3 is 0 Å². The van der Waals surface area contributed by atoms with Gasteiger partial charge in [0.1, 0.15) is 0 Å². The number of fused-ring (bicyclic) bond motifs is 1. The van der Waals surface area contributed by atoms with Crippen LogP contribution in [0.25, 0.3) is 16.8 Å². The number of rotatable bonds is 9. The maximum absolute atomic E-state index is 12.7. The minimum Gasteiger partial charge on any atom is -0.326 e. The van der Waals surface area contributed by atoms with Crippen LogP contribution in [0.3, 0.4) is 0 Å². The first-order valence-electron chi connectivity index (χ1n) is 9.93. The predicted molar refractivity (Wildman–Crippen MR) is 124 cm³/mol. The Balaban J connectivity index is 1.49. The van der Waals surface area contributed by atoms with E-state index in [-0.39, 0.29) is 17.3 Å². The van der Waals surface area contributed by atoms with Gasteiger partial charge < -0.3 is 10.6 Å². The second-order valence-electron chi connectivity index (χ2n) is 7.22. The van der Waals surface area contributed by atoms with Gasteiger partial charge in [0, 0.05) is 55.4 Å². The number of pyridine rings is 1. The highest BCUT2D eigenvalue weighted by atomic mass is 32.2. The predicted octanol–water partition coefficient (Wildman–Crippen LogP) is 3.16. The number of nitrogens with zero attached hydrogens (tertiary/aromatic N) is 1. The fraction of sp³-hybridized carbons (Fsp3) is 0.217. The summed E-state index contributed by atoms with van der Waals surface area (Å²) in [5.41, 5.74) is 2.89. The molecule has 3 N–H and O–H groups in total. The van der Waals surface area contributed by atoms with Crippen LogP contribution in [-0.4, -0.2) is 38.9 Å². The summed E-state index contributed by atoms with van der Waals surface area (Å²) < 4.78 is 28.0. The summed E-state index contributed by atoms with van der Waals surface area (Å²) in [6.45, 7) is 4.89. The Bertz CT molecular complexity index is 1180. The van der Waals surface area contributed by atoms with Crippen LogP contribution in [0, 0.1) is 0 Å². The van der Waals surface area contributed by atoms with Gasteiger partial charge in [-0.05, 0) is 36.8 Å². The Morgan fingerprint density at radius 3 is 2.55 bits per heavy atom. The van der Waals surface area contributed by atoms with Gasteiger partial charge in [-0.3, -0.25) is 9.78 Å². The first kappa shape index (κ1) is 22.6. The zero-order valence-corrected chi connectivity index (χ0v) is 18.4. The Labute approximate surface area is 182 Å². The summed E-state index contributed by atoms with van der Waals surface area (Å²) in [6, 6.07) is 14.4. The van der Waals surface area contributed by atoms with Crippen molar-refractivity contribution in [3.8, 4) is 0 Å². The van der Waals surface area contributed by atoms with Crippen LogP contribution in [-0.2, 0) is 14.8 Å². The van der Waals surface area contributed by atoms with Gasteiger partial charge in [-0.15, -0.1) is 0 Å². The quantitative estimate of drug-likeness (QED) is 0.446. The Morgan fingerprint density at radius 2 is 1.81 bits per heavy atom. The molecule has 162 valence electrons. The Kier molecular flexibility index (Phi) is 7.51. The van der Waals surface area contributed by atoms with E-state index in [0.717, 1.165) is 22.2 Å². The monoisotopic (exact) mass is 438 g/mol. The van der Waals surface area contributed by atoms with E-state index in [1.807, 2.05) is 43.3 Å². The van der Waals surface area contributed by atoms with Gasteiger partial charge in [-0.1, -0.05) is 35.9 Å². The lowest BCUT2D eigenvalue weighted by molar-refractivity contribution is -0.114. The van der Waals surface area contributed by atoms with Crippen LogP contribution < -0.4 is 15.4 Å². The van der Waals surface area contributed by atoms with Crippen LogP contribution in [0.2, 0.25) is 0 Å². The van der Waals surface area contributed by atoms with Crippen molar-refractivity contribution < 1.29 is 13.2 Å². The van der Waals surface area contributed by atoms with Crippen molar-refractivity contribution in [1.29, 1.82) is 0 Å². The van der Waals surface area contributed by atoms with Gasteiger partial charge in [-0.25, -0.2) is 13.1 Å². The second-order valence-corrected chi connectivity index (χ2v) is 8.96. The molecule has 0 unspecified atom stereocenters. The molecule has 1 amide bonds. The number of carbonyl (C=O) groups excluding carboxylic acids is 1. The van der Waals surface area contributed by atoms with Crippen molar-refractivity contribution >= 4 is 38.5 Å². The first-order valence-corrected chi connectivity index (χ1v) is 11.4. The number of carbonyl (C=O) groups is 1. The number of nitrogens with one attached hydrogen (secondary N) is 3. The van der Waals surface area contributed by atoms with E-state index in [1.54, 1.807) is 30.6 Å². The molecular weight excluding hydrogens is 412 g/mol. The number of amides is 1. The average Bonchev–Trinajstić information content (AvgIpc) is 2.74. The average molecular weight is 439 g/mol. The first-order chi connectivity index (χ1) is 14.8. The summed E-state index contributed by atoms with van der Waals surface area (Å²) in [4.78, 5) is 15.4. The SMILES string of the molecule is CC(=O)Nc1ccc(C=C(C)CNCCNS(=O)(=O)c2cccc3cnccc23)cc1.